The van der Waals surface area contributed by atoms with Crippen molar-refractivity contribution in [1.29, 1.82) is 0 Å². The van der Waals surface area contributed by atoms with E-state index < -0.39 is 0 Å². The van der Waals surface area contributed by atoms with Crippen LogP contribution in [0.25, 0.3) is 10.4 Å². The van der Waals surface area contributed by atoms with Gasteiger partial charge in [-0.25, -0.2) is 0 Å². The van der Waals surface area contributed by atoms with Crippen LogP contribution < -0.4 is 0 Å². The molecule has 2 aromatic heterocycles. The maximum absolute atomic E-state index is 13.3. The van der Waals surface area contributed by atoms with Crippen molar-refractivity contribution in [2.45, 2.75) is 12.8 Å². The van der Waals surface area contributed by atoms with Crippen LogP contribution in [0.5, 0.6) is 0 Å². The van der Waals surface area contributed by atoms with Gasteiger partial charge < -0.3 is 9.80 Å². The summed E-state index contributed by atoms with van der Waals surface area (Å²) >= 11 is 1.71. The number of carbonyl (C=O) groups excluding carboxylic acids is 2. The van der Waals surface area contributed by atoms with E-state index in [4.69, 9.17) is 0 Å². The summed E-state index contributed by atoms with van der Waals surface area (Å²) in [4.78, 5) is 35.2. The van der Waals surface area contributed by atoms with E-state index in [2.05, 4.69) is 47.3 Å². The molecule has 1 atom stereocenters. The molecule has 1 unspecified atom stereocenters. The van der Waals surface area contributed by atoms with Crippen molar-refractivity contribution in [2.75, 3.05) is 26.2 Å². The van der Waals surface area contributed by atoms with Crippen LogP contribution in [-0.4, -0.2) is 52.8 Å². The van der Waals surface area contributed by atoms with Crippen LogP contribution in [0.15, 0.2) is 79.0 Å². The lowest BCUT2D eigenvalue weighted by Gasteiger charge is -2.24. The number of benzene rings is 1. The third kappa shape index (κ3) is 5.32. The highest BCUT2D eigenvalue weighted by atomic mass is 32.1. The molecule has 0 spiro atoms. The fourth-order valence-electron chi connectivity index (χ4n) is 4.08. The minimum atomic E-state index is -0.275. The monoisotopic (exact) mass is 445 g/mol. The molecule has 3 heterocycles. The summed E-state index contributed by atoms with van der Waals surface area (Å²) in [6, 6.07) is 16.3. The molecule has 1 aliphatic heterocycles. The number of thiophene rings is 1. The van der Waals surface area contributed by atoms with Crippen LogP contribution >= 0.6 is 11.3 Å². The summed E-state index contributed by atoms with van der Waals surface area (Å²) in [5.41, 5.74) is 3.16. The average molecular weight is 446 g/mol. The van der Waals surface area contributed by atoms with Gasteiger partial charge in [-0.05, 0) is 40.6 Å². The fraction of sp³-hybridized carbons (Fsp3) is 0.269. The molecule has 1 aliphatic rings. The Morgan fingerprint density at radius 3 is 2.66 bits per heavy atom. The largest absolute Gasteiger partial charge is 0.340 e. The summed E-state index contributed by atoms with van der Waals surface area (Å²) in [6.45, 7) is 5.78. The van der Waals surface area contributed by atoms with E-state index in [1.165, 1.54) is 10.4 Å². The second kappa shape index (κ2) is 10.4. The maximum Gasteiger partial charge on any atom is 0.228 e. The summed E-state index contributed by atoms with van der Waals surface area (Å²) in [6.07, 6.45) is 6.07. The Labute approximate surface area is 193 Å². The zero-order valence-electron chi connectivity index (χ0n) is 18.0. The van der Waals surface area contributed by atoms with Gasteiger partial charge in [0.2, 0.25) is 11.8 Å². The topological polar surface area (TPSA) is 53.5 Å². The van der Waals surface area contributed by atoms with E-state index in [9.17, 15) is 9.59 Å². The van der Waals surface area contributed by atoms with Gasteiger partial charge >= 0.3 is 0 Å². The highest BCUT2D eigenvalue weighted by Crippen LogP contribution is 2.26. The quantitative estimate of drug-likeness (QED) is 0.515. The van der Waals surface area contributed by atoms with Gasteiger partial charge in [0.15, 0.2) is 0 Å². The van der Waals surface area contributed by atoms with Crippen LogP contribution in [0, 0.1) is 5.92 Å². The molecule has 1 fully saturated rings. The third-order valence-electron chi connectivity index (χ3n) is 5.76. The number of nitrogens with zero attached hydrogens (tertiary/aromatic N) is 3. The highest BCUT2D eigenvalue weighted by Gasteiger charge is 2.31. The van der Waals surface area contributed by atoms with Crippen molar-refractivity contribution in [3.63, 3.8) is 0 Å². The first-order valence-electron chi connectivity index (χ1n) is 10.8. The number of carbonyl (C=O) groups is 2. The second-order valence-electron chi connectivity index (χ2n) is 8.03. The Balaban J connectivity index is 1.50. The predicted octanol–water partition coefficient (Wildman–Crippen LogP) is 4.07. The summed E-state index contributed by atoms with van der Waals surface area (Å²) < 4.78 is 0. The molecular weight excluding hydrogens is 418 g/mol. The Bertz CT molecular complexity index is 1050. The Morgan fingerprint density at radius 1 is 1.12 bits per heavy atom. The normalized spacial score (nSPS) is 16.6. The van der Waals surface area contributed by atoms with Crippen LogP contribution in [0.4, 0.5) is 0 Å². The van der Waals surface area contributed by atoms with Gasteiger partial charge in [-0.2, -0.15) is 0 Å². The zero-order valence-corrected chi connectivity index (χ0v) is 18.8. The first kappa shape index (κ1) is 22.0. The fourth-order valence-corrected chi connectivity index (χ4v) is 4.82. The van der Waals surface area contributed by atoms with Gasteiger partial charge in [0, 0.05) is 43.4 Å². The van der Waals surface area contributed by atoms with Gasteiger partial charge in [-0.3, -0.25) is 14.6 Å². The van der Waals surface area contributed by atoms with E-state index in [1.54, 1.807) is 29.8 Å². The molecule has 6 heteroatoms. The molecule has 5 nitrogen and oxygen atoms in total. The van der Waals surface area contributed by atoms with Crippen molar-refractivity contribution < 1.29 is 9.59 Å². The van der Waals surface area contributed by atoms with Crippen molar-refractivity contribution in [2.24, 2.45) is 5.92 Å². The van der Waals surface area contributed by atoms with Crippen LogP contribution in [-0.2, 0) is 22.4 Å². The van der Waals surface area contributed by atoms with E-state index in [0.29, 0.717) is 39.0 Å². The van der Waals surface area contributed by atoms with Crippen molar-refractivity contribution in [3.05, 3.63) is 90.1 Å². The van der Waals surface area contributed by atoms with Crippen molar-refractivity contribution in [1.82, 2.24) is 14.8 Å². The second-order valence-corrected chi connectivity index (χ2v) is 8.97. The molecule has 0 saturated carbocycles. The van der Waals surface area contributed by atoms with Gasteiger partial charge in [-0.15, -0.1) is 17.9 Å². The first-order chi connectivity index (χ1) is 15.6. The Morgan fingerprint density at radius 2 is 1.97 bits per heavy atom. The number of aromatic nitrogens is 1. The molecular formula is C26H27N3O2S. The summed E-state index contributed by atoms with van der Waals surface area (Å²) in [5.74, 6) is -0.156. The van der Waals surface area contributed by atoms with Crippen molar-refractivity contribution >= 4 is 23.2 Å². The third-order valence-corrected chi connectivity index (χ3v) is 6.68. The van der Waals surface area contributed by atoms with E-state index in [0.717, 1.165) is 11.1 Å². The van der Waals surface area contributed by atoms with Gasteiger partial charge in [0.1, 0.15) is 0 Å². The van der Waals surface area contributed by atoms with Crippen molar-refractivity contribution in [3.8, 4) is 10.4 Å². The van der Waals surface area contributed by atoms with Gasteiger partial charge in [-0.1, -0.05) is 42.5 Å². The smallest absolute Gasteiger partial charge is 0.228 e. The molecule has 0 aliphatic carbocycles. The number of amides is 2. The summed E-state index contributed by atoms with van der Waals surface area (Å²) in [7, 11) is 0. The summed E-state index contributed by atoms with van der Waals surface area (Å²) in [5, 5.41) is 2.07. The maximum atomic E-state index is 13.3. The first-order valence-corrected chi connectivity index (χ1v) is 11.7. The zero-order chi connectivity index (χ0) is 22.3. The van der Waals surface area contributed by atoms with Gasteiger partial charge in [0.25, 0.3) is 0 Å². The molecule has 0 radical (unpaired) electrons. The molecule has 0 bridgehead atoms. The Kier molecular flexibility index (Phi) is 7.12. The average Bonchev–Trinajstić information content (AvgIpc) is 3.31. The van der Waals surface area contributed by atoms with E-state index in [-0.39, 0.29) is 17.7 Å². The molecule has 2 amide bonds. The number of hydrogen-bond acceptors (Lipinski definition) is 4. The van der Waals surface area contributed by atoms with E-state index >= 15 is 0 Å². The van der Waals surface area contributed by atoms with Crippen LogP contribution in [0.1, 0.15) is 11.1 Å². The highest BCUT2D eigenvalue weighted by molar-refractivity contribution is 7.13. The molecule has 3 aromatic rings. The lowest BCUT2D eigenvalue weighted by molar-refractivity contribution is -0.134. The minimum absolute atomic E-state index is 0.0318. The standard InChI is InChI=1S/C26H27N3O2S/c1-2-12-28-13-14-29(25(30)17-21-5-3-11-27-18-21)19-23(26(28)31)16-20-7-9-22(10-8-20)24-6-4-15-32-24/h2-11,15,18,23H,1,12-14,16-17,19H2. The number of rotatable bonds is 7. The molecule has 0 N–H and O–H groups in total. The molecule has 1 aromatic carbocycles. The lowest BCUT2D eigenvalue weighted by atomic mass is 9.96. The SMILES string of the molecule is C=CCN1CCN(C(=O)Cc2cccnc2)CC(Cc2ccc(-c3cccs3)cc2)C1=O. The van der Waals surface area contributed by atoms with E-state index in [1.807, 2.05) is 28.0 Å². The predicted molar refractivity (Wildman–Crippen MR) is 128 cm³/mol. The molecule has 1 saturated heterocycles. The number of pyridine rings is 1. The minimum Gasteiger partial charge on any atom is -0.340 e. The van der Waals surface area contributed by atoms with Crippen LogP contribution in [0.2, 0.25) is 0 Å². The number of hydrogen-bond donors (Lipinski definition) is 0. The van der Waals surface area contributed by atoms with Crippen LogP contribution in [0.3, 0.4) is 0 Å². The lowest BCUT2D eigenvalue weighted by Crippen LogP contribution is -2.38. The molecule has 4 rings (SSSR count). The molecule has 32 heavy (non-hydrogen) atoms. The molecule has 164 valence electrons. The Hall–Kier alpha value is -3.25. The van der Waals surface area contributed by atoms with Gasteiger partial charge in [0.05, 0.1) is 12.3 Å².